The van der Waals surface area contributed by atoms with E-state index in [1.807, 2.05) is 25.1 Å². The largest absolute Gasteiger partial charge is 0.484 e. The molecular formula is C19H21N7O6. The van der Waals surface area contributed by atoms with Crippen LogP contribution in [-0.2, 0) is 11.3 Å². The molecule has 168 valence electrons. The van der Waals surface area contributed by atoms with E-state index in [9.17, 15) is 19.7 Å². The second kappa shape index (κ2) is 10.1. The van der Waals surface area contributed by atoms with Gasteiger partial charge in [0.05, 0.1) is 16.9 Å². The molecule has 2 N–H and O–H groups in total. The smallest absolute Gasteiger partial charge is 0.390 e. The molecule has 1 aromatic carbocycles. The Morgan fingerprint density at radius 3 is 2.69 bits per heavy atom. The highest BCUT2D eigenvalue weighted by Crippen LogP contribution is 2.15. The zero-order chi connectivity index (χ0) is 23.1. The van der Waals surface area contributed by atoms with Crippen LogP contribution in [-0.4, -0.2) is 56.4 Å². The number of amides is 2. The van der Waals surface area contributed by atoms with E-state index < -0.39 is 10.8 Å². The summed E-state index contributed by atoms with van der Waals surface area (Å²) >= 11 is 0. The lowest BCUT2D eigenvalue weighted by Gasteiger charge is -2.09. The van der Waals surface area contributed by atoms with Crippen LogP contribution in [0.1, 0.15) is 27.8 Å². The predicted molar refractivity (Wildman–Crippen MR) is 109 cm³/mol. The van der Waals surface area contributed by atoms with Crippen molar-refractivity contribution < 1.29 is 23.8 Å². The number of aryl methyl sites for hydroxylation is 2. The molecule has 13 nitrogen and oxygen atoms in total. The van der Waals surface area contributed by atoms with Gasteiger partial charge in [-0.3, -0.25) is 9.59 Å². The number of hydrogen-bond donors (Lipinski definition) is 2. The first-order valence-electron chi connectivity index (χ1n) is 9.58. The van der Waals surface area contributed by atoms with Gasteiger partial charge in [0, 0.05) is 13.1 Å². The topological polar surface area (TPSA) is 167 Å². The molecule has 2 amide bonds. The van der Waals surface area contributed by atoms with Crippen LogP contribution in [0.2, 0.25) is 0 Å². The molecule has 0 aliphatic heterocycles. The Hall–Kier alpha value is -4.29. The molecular weight excluding hydrogens is 422 g/mol. The van der Waals surface area contributed by atoms with Crippen LogP contribution in [0.5, 0.6) is 5.75 Å². The van der Waals surface area contributed by atoms with E-state index in [2.05, 4.69) is 25.9 Å². The zero-order valence-electron chi connectivity index (χ0n) is 17.4. The van der Waals surface area contributed by atoms with Crippen LogP contribution in [0.15, 0.2) is 34.9 Å². The Kier molecular flexibility index (Phi) is 7.10. The number of nitro groups is 1. The minimum Gasteiger partial charge on any atom is -0.484 e. The van der Waals surface area contributed by atoms with E-state index in [0.717, 1.165) is 5.56 Å². The van der Waals surface area contributed by atoms with Gasteiger partial charge in [-0.2, -0.15) is 9.67 Å². The molecule has 0 radical (unpaired) electrons. The van der Waals surface area contributed by atoms with Crippen molar-refractivity contribution in [2.75, 3.05) is 19.7 Å². The zero-order valence-corrected chi connectivity index (χ0v) is 17.4. The molecule has 0 aliphatic rings. The number of hydrogen-bond acceptors (Lipinski definition) is 9. The lowest BCUT2D eigenvalue weighted by Crippen LogP contribution is -2.36. The fourth-order valence-electron chi connectivity index (χ4n) is 2.65. The molecule has 0 saturated heterocycles. The maximum Gasteiger partial charge on any atom is 0.390 e. The summed E-state index contributed by atoms with van der Waals surface area (Å²) in [4.78, 5) is 38.1. The van der Waals surface area contributed by atoms with Gasteiger partial charge in [-0.15, -0.1) is 0 Å². The molecule has 3 rings (SSSR count). The summed E-state index contributed by atoms with van der Waals surface area (Å²) in [6.45, 7) is 3.71. The van der Waals surface area contributed by atoms with Gasteiger partial charge in [0.2, 0.25) is 0 Å². The maximum absolute atomic E-state index is 12.1. The van der Waals surface area contributed by atoms with Gasteiger partial charge in [-0.05, 0) is 30.4 Å². The van der Waals surface area contributed by atoms with Crippen molar-refractivity contribution in [2.24, 2.45) is 0 Å². The molecule has 0 bridgehead atoms. The second-order valence-corrected chi connectivity index (χ2v) is 6.73. The van der Waals surface area contributed by atoms with E-state index in [4.69, 9.17) is 9.26 Å². The van der Waals surface area contributed by atoms with Crippen molar-refractivity contribution in [3.63, 3.8) is 0 Å². The van der Waals surface area contributed by atoms with E-state index in [1.54, 1.807) is 13.0 Å². The van der Waals surface area contributed by atoms with Gasteiger partial charge in [0.1, 0.15) is 12.3 Å². The van der Waals surface area contributed by atoms with E-state index in [0.29, 0.717) is 11.4 Å². The van der Waals surface area contributed by atoms with Crippen LogP contribution in [0.4, 0.5) is 5.82 Å². The number of ether oxygens (including phenoxy) is 1. The molecule has 0 unspecified atom stereocenters. The van der Waals surface area contributed by atoms with Gasteiger partial charge >= 0.3 is 17.6 Å². The van der Waals surface area contributed by atoms with Crippen molar-refractivity contribution in [1.82, 2.24) is 30.6 Å². The minimum atomic E-state index is -0.614. The lowest BCUT2D eigenvalue weighted by atomic mass is 10.2. The van der Waals surface area contributed by atoms with E-state index >= 15 is 0 Å². The van der Waals surface area contributed by atoms with Gasteiger partial charge < -0.3 is 30.0 Å². The molecule has 0 fully saturated rings. The van der Waals surface area contributed by atoms with Crippen LogP contribution in [0.25, 0.3) is 0 Å². The van der Waals surface area contributed by atoms with Crippen LogP contribution >= 0.6 is 0 Å². The summed E-state index contributed by atoms with van der Waals surface area (Å²) in [6.07, 6.45) is 0. The first-order valence-corrected chi connectivity index (χ1v) is 9.58. The van der Waals surface area contributed by atoms with Crippen molar-refractivity contribution >= 4 is 17.6 Å². The van der Waals surface area contributed by atoms with Crippen LogP contribution in [0.3, 0.4) is 0 Å². The number of nitrogens with zero attached hydrogens (tertiary/aromatic N) is 5. The molecule has 2 heterocycles. The van der Waals surface area contributed by atoms with E-state index in [-0.39, 0.29) is 49.7 Å². The fourth-order valence-corrected chi connectivity index (χ4v) is 2.65. The van der Waals surface area contributed by atoms with Crippen molar-refractivity contribution in [3.05, 3.63) is 63.4 Å². The van der Waals surface area contributed by atoms with Crippen LogP contribution in [0, 0.1) is 24.0 Å². The molecule has 32 heavy (non-hydrogen) atoms. The predicted octanol–water partition coefficient (Wildman–Crippen LogP) is 0.764. The standard InChI is InChI=1S/C19H21N7O6/c1-12-5-3-4-6-14(12)31-11-17(27)20-7-8-21-18(28)19-22-15(24-32-19)10-25-13(2)9-16(23-25)26(29)30/h3-6,9H,7-8,10-11H2,1-2H3,(H,20,27)(H,21,28). The van der Waals surface area contributed by atoms with E-state index in [1.165, 1.54) is 10.7 Å². The number of carbonyl (C=O) groups is 2. The van der Waals surface area contributed by atoms with Crippen molar-refractivity contribution in [1.29, 1.82) is 0 Å². The second-order valence-electron chi connectivity index (χ2n) is 6.73. The SMILES string of the molecule is Cc1ccccc1OCC(=O)NCCNC(=O)c1nc(Cn2nc([N+](=O)[O-])cc2C)no1. The fraction of sp³-hybridized carbons (Fsp3) is 0.316. The number of rotatable bonds is 10. The average molecular weight is 443 g/mol. The molecule has 0 aliphatic carbocycles. The van der Waals surface area contributed by atoms with Crippen molar-refractivity contribution in [3.8, 4) is 5.75 Å². The van der Waals surface area contributed by atoms with Gasteiger partial charge in [0.15, 0.2) is 12.4 Å². The number of benzene rings is 1. The summed E-state index contributed by atoms with van der Waals surface area (Å²) in [5.74, 6) is -0.742. The Bertz CT molecular complexity index is 1120. The third-order valence-corrected chi connectivity index (χ3v) is 4.29. The molecule has 2 aromatic heterocycles. The van der Waals surface area contributed by atoms with Gasteiger partial charge in [-0.25, -0.2) is 0 Å². The minimum absolute atomic E-state index is 0.00734. The first-order chi connectivity index (χ1) is 15.3. The van der Waals surface area contributed by atoms with Gasteiger partial charge in [0.25, 0.3) is 5.91 Å². The summed E-state index contributed by atoms with van der Waals surface area (Å²) in [6, 6.07) is 8.66. The monoisotopic (exact) mass is 443 g/mol. The summed E-state index contributed by atoms with van der Waals surface area (Å²) < 4.78 is 11.7. The summed E-state index contributed by atoms with van der Waals surface area (Å²) in [5, 5.41) is 23.5. The number of aromatic nitrogens is 4. The van der Waals surface area contributed by atoms with Crippen molar-refractivity contribution in [2.45, 2.75) is 20.4 Å². The lowest BCUT2D eigenvalue weighted by molar-refractivity contribution is -0.389. The first kappa shape index (κ1) is 22.4. The average Bonchev–Trinajstić information content (AvgIpc) is 3.38. The molecule has 0 spiro atoms. The number of carbonyl (C=O) groups excluding carboxylic acids is 2. The normalized spacial score (nSPS) is 10.6. The summed E-state index contributed by atoms with van der Waals surface area (Å²) in [5.41, 5.74) is 1.46. The third-order valence-electron chi connectivity index (χ3n) is 4.29. The Balaban J connectivity index is 1.40. The molecule has 3 aromatic rings. The maximum atomic E-state index is 12.1. The number of nitrogens with one attached hydrogen (secondary N) is 2. The van der Waals surface area contributed by atoms with Crippen LogP contribution < -0.4 is 15.4 Å². The quantitative estimate of drug-likeness (QED) is 0.261. The summed E-state index contributed by atoms with van der Waals surface area (Å²) in [7, 11) is 0. The molecule has 0 atom stereocenters. The Labute approximate surface area is 181 Å². The Morgan fingerprint density at radius 1 is 1.22 bits per heavy atom. The molecule has 13 heteroatoms. The third kappa shape index (κ3) is 5.87. The highest BCUT2D eigenvalue weighted by Gasteiger charge is 2.19. The molecule has 0 saturated carbocycles. The highest BCUT2D eigenvalue weighted by molar-refractivity contribution is 5.89. The highest BCUT2D eigenvalue weighted by atomic mass is 16.6. The Morgan fingerprint density at radius 2 is 1.97 bits per heavy atom. The number of para-hydroxylation sites is 1. The van der Waals surface area contributed by atoms with Gasteiger partial charge in [-0.1, -0.05) is 23.4 Å².